The molecule has 0 aromatic heterocycles. The fourth-order valence-electron chi connectivity index (χ4n) is 1.21. The van der Waals surface area contributed by atoms with Gasteiger partial charge in [-0.3, -0.25) is 9.59 Å². The van der Waals surface area contributed by atoms with Crippen molar-refractivity contribution >= 4 is 11.8 Å². The molecule has 1 aliphatic rings. The monoisotopic (exact) mass is 224 g/mol. The molecule has 16 heavy (non-hydrogen) atoms. The van der Waals surface area contributed by atoms with Gasteiger partial charge in [0.25, 0.3) is 0 Å². The molecule has 0 radical (unpaired) electrons. The molecule has 2 amide bonds. The summed E-state index contributed by atoms with van der Waals surface area (Å²) >= 11 is 0. The summed E-state index contributed by atoms with van der Waals surface area (Å²) < 4.78 is 0. The SMILES string of the molecule is C=CC(=O)NC(C)C.C=CN1CCCC1=O. The fourth-order valence-corrected chi connectivity index (χ4v) is 1.21. The quantitative estimate of drug-likeness (QED) is 0.738. The lowest BCUT2D eigenvalue weighted by atomic mass is 10.4. The van der Waals surface area contributed by atoms with Gasteiger partial charge in [0.15, 0.2) is 0 Å². The Hall–Kier alpha value is -1.58. The van der Waals surface area contributed by atoms with Gasteiger partial charge in [-0.2, -0.15) is 0 Å². The summed E-state index contributed by atoms with van der Waals surface area (Å²) in [4.78, 5) is 22.7. The van der Waals surface area contributed by atoms with Crippen LogP contribution in [0.5, 0.6) is 0 Å². The number of nitrogens with one attached hydrogen (secondary N) is 1. The lowest BCUT2D eigenvalue weighted by Gasteiger charge is -2.05. The maximum absolute atomic E-state index is 10.7. The van der Waals surface area contributed by atoms with Crippen molar-refractivity contribution in [2.45, 2.75) is 32.7 Å². The zero-order valence-corrected chi connectivity index (χ0v) is 10.0. The average molecular weight is 224 g/mol. The highest BCUT2D eigenvalue weighted by Crippen LogP contribution is 2.08. The van der Waals surface area contributed by atoms with Crippen molar-refractivity contribution in [2.75, 3.05) is 6.54 Å². The van der Waals surface area contributed by atoms with Crippen LogP contribution in [0, 0.1) is 0 Å². The molecule has 1 aliphatic heterocycles. The summed E-state index contributed by atoms with van der Waals surface area (Å²) in [6.45, 7) is 11.5. The highest BCUT2D eigenvalue weighted by molar-refractivity contribution is 5.86. The molecule has 1 N–H and O–H groups in total. The van der Waals surface area contributed by atoms with Crippen LogP contribution < -0.4 is 5.32 Å². The summed E-state index contributed by atoms with van der Waals surface area (Å²) in [5, 5.41) is 2.64. The van der Waals surface area contributed by atoms with Crippen LogP contribution in [0.25, 0.3) is 0 Å². The van der Waals surface area contributed by atoms with Crippen LogP contribution in [0.2, 0.25) is 0 Å². The first-order chi connectivity index (χ1) is 7.51. The Morgan fingerprint density at radius 1 is 1.50 bits per heavy atom. The van der Waals surface area contributed by atoms with E-state index in [0.717, 1.165) is 13.0 Å². The summed E-state index contributed by atoms with van der Waals surface area (Å²) in [6, 6.07) is 0.209. The van der Waals surface area contributed by atoms with Crippen LogP contribution in [0.1, 0.15) is 26.7 Å². The van der Waals surface area contributed by atoms with E-state index in [1.807, 2.05) is 13.8 Å². The Labute approximate surface area is 97.0 Å². The first-order valence-electron chi connectivity index (χ1n) is 5.36. The van der Waals surface area contributed by atoms with Gasteiger partial charge in [0.1, 0.15) is 0 Å². The van der Waals surface area contributed by atoms with Crippen LogP contribution in [-0.4, -0.2) is 29.3 Å². The van der Waals surface area contributed by atoms with Crippen molar-refractivity contribution in [1.82, 2.24) is 10.2 Å². The maximum Gasteiger partial charge on any atom is 0.243 e. The number of likely N-dealkylation sites (tertiary alicyclic amines) is 1. The van der Waals surface area contributed by atoms with Crippen LogP contribution in [0.15, 0.2) is 25.4 Å². The van der Waals surface area contributed by atoms with Gasteiger partial charge in [-0.15, -0.1) is 0 Å². The van der Waals surface area contributed by atoms with E-state index in [2.05, 4.69) is 18.5 Å². The van der Waals surface area contributed by atoms with Crippen molar-refractivity contribution in [3.63, 3.8) is 0 Å². The van der Waals surface area contributed by atoms with E-state index < -0.39 is 0 Å². The molecule has 0 atom stereocenters. The normalized spacial score (nSPS) is 14.2. The Kier molecular flexibility index (Phi) is 6.92. The van der Waals surface area contributed by atoms with Gasteiger partial charge in [-0.05, 0) is 32.5 Å². The number of carbonyl (C=O) groups is 2. The zero-order valence-electron chi connectivity index (χ0n) is 10.0. The topological polar surface area (TPSA) is 49.4 Å². The van der Waals surface area contributed by atoms with E-state index in [1.165, 1.54) is 6.08 Å². The predicted molar refractivity (Wildman–Crippen MR) is 64.6 cm³/mol. The van der Waals surface area contributed by atoms with E-state index in [0.29, 0.717) is 6.42 Å². The number of carbonyl (C=O) groups excluding carboxylic acids is 2. The van der Waals surface area contributed by atoms with Crippen molar-refractivity contribution in [2.24, 2.45) is 0 Å². The molecular formula is C12H20N2O2. The first-order valence-corrected chi connectivity index (χ1v) is 5.36. The third-order valence-electron chi connectivity index (χ3n) is 1.95. The summed E-state index contributed by atoms with van der Waals surface area (Å²) in [6.07, 6.45) is 4.55. The minimum Gasteiger partial charge on any atom is -0.350 e. The van der Waals surface area contributed by atoms with Gasteiger partial charge in [-0.25, -0.2) is 0 Å². The largest absolute Gasteiger partial charge is 0.350 e. The van der Waals surface area contributed by atoms with Crippen LogP contribution >= 0.6 is 0 Å². The number of nitrogens with zero attached hydrogens (tertiary/aromatic N) is 1. The summed E-state index contributed by atoms with van der Waals surface area (Å²) in [7, 11) is 0. The number of amides is 2. The van der Waals surface area contributed by atoms with Crippen molar-refractivity contribution in [3.8, 4) is 0 Å². The Balaban J connectivity index is 0.000000281. The Morgan fingerprint density at radius 2 is 2.12 bits per heavy atom. The average Bonchev–Trinajstić information content (AvgIpc) is 2.63. The molecule has 1 fully saturated rings. The van der Waals surface area contributed by atoms with Crippen molar-refractivity contribution < 1.29 is 9.59 Å². The van der Waals surface area contributed by atoms with Crippen molar-refractivity contribution in [3.05, 3.63) is 25.4 Å². The summed E-state index contributed by atoms with van der Waals surface area (Å²) in [5.41, 5.74) is 0. The molecule has 0 spiro atoms. The van der Waals surface area contributed by atoms with E-state index >= 15 is 0 Å². The van der Waals surface area contributed by atoms with Crippen LogP contribution in [0.4, 0.5) is 0 Å². The molecule has 1 heterocycles. The minimum absolute atomic E-state index is 0.111. The minimum atomic E-state index is -0.111. The fraction of sp³-hybridized carbons (Fsp3) is 0.500. The van der Waals surface area contributed by atoms with Crippen LogP contribution in [0.3, 0.4) is 0 Å². The van der Waals surface area contributed by atoms with Gasteiger partial charge in [-0.1, -0.05) is 13.2 Å². The van der Waals surface area contributed by atoms with Gasteiger partial charge < -0.3 is 10.2 Å². The number of hydrogen-bond donors (Lipinski definition) is 1. The van der Waals surface area contributed by atoms with E-state index in [9.17, 15) is 9.59 Å². The number of hydrogen-bond acceptors (Lipinski definition) is 2. The first kappa shape index (κ1) is 14.4. The summed E-state index contributed by atoms with van der Waals surface area (Å²) in [5.74, 6) is 0.0972. The van der Waals surface area contributed by atoms with E-state index in [-0.39, 0.29) is 17.9 Å². The molecule has 0 aliphatic carbocycles. The highest BCUT2D eigenvalue weighted by Gasteiger charge is 2.15. The molecule has 0 bridgehead atoms. The lowest BCUT2D eigenvalue weighted by molar-refractivity contribution is -0.125. The Bertz CT molecular complexity index is 272. The molecule has 0 aromatic rings. The third kappa shape index (κ3) is 6.01. The molecule has 0 saturated carbocycles. The van der Waals surface area contributed by atoms with E-state index in [4.69, 9.17) is 0 Å². The molecule has 4 nitrogen and oxygen atoms in total. The van der Waals surface area contributed by atoms with Gasteiger partial charge in [0, 0.05) is 19.0 Å². The Morgan fingerprint density at radius 3 is 2.31 bits per heavy atom. The lowest BCUT2D eigenvalue weighted by Crippen LogP contribution is -2.27. The second kappa shape index (κ2) is 7.68. The highest BCUT2D eigenvalue weighted by atomic mass is 16.2. The molecule has 0 unspecified atom stereocenters. The molecule has 4 heteroatoms. The molecule has 90 valence electrons. The van der Waals surface area contributed by atoms with Gasteiger partial charge in [0.05, 0.1) is 0 Å². The number of rotatable bonds is 3. The molecular weight excluding hydrogens is 204 g/mol. The predicted octanol–water partition coefficient (Wildman–Crippen LogP) is 1.45. The standard InChI is InChI=1S/C6H9NO.C6H11NO/c1-2-7-5-3-4-6(7)8;1-4-6(8)7-5(2)3/h2H,1,3-5H2;4-5H,1H2,2-3H3,(H,7,8). The van der Waals surface area contributed by atoms with Crippen LogP contribution in [-0.2, 0) is 9.59 Å². The molecule has 1 saturated heterocycles. The van der Waals surface area contributed by atoms with Gasteiger partial charge >= 0.3 is 0 Å². The smallest absolute Gasteiger partial charge is 0.243 e. The zero-order chi connectivity index (χ0) is 12.6. The third-order valence-corrected chi connectivity index (χ3v) is 1.95. The van der Waals surface area contributed by atoms with Gasteiger partial charge in [0.2, 0.25) is 11.8 Å². The molecule has 1 rings (SSSR count). The maximum atomic E-state index is 10.7. The van der Waals surface area contributed by atoms with Crippen molar-refractivity contribution in [1.29, 1.82) is 0 Å². The molecule has 0 aromatic carbocycles. The second-order valence-electron chi connectivity index (χ2n) is 3.74. The second-order valence-corrected chi connectivity index (χ2v) is 3.74. The van der Waals surface area contributed by atoms with E-state index in [1.54, 1.807) is 11.1 Å².